The number of benzene rings is 2. The molecule has 4 aromatic rings. The molecule has 2 heterocycles. The molecule has 2 N–H and O–H groups in total. The summed E-state index contributed by atoms with van der Waals surface area (Å²) in [5, 5.41) is 5.86. The molecule has 0 radical (unpaired) electrons. The summed E-state index contributed by atoms with van der Waals surface area (Å²) in [7, 11) is 4.45. The molecule has 0 spiro atoms. The van der Waals surface area contributed by atoms with Crippen molar-refractivity contribution in [1.29, 1.82) is 0 Å². The first-order chi connectivity index (χ1) is 16.4. The Bertz CT molecular complexity index is 1330. The highest BCUT2D eigenvalue weighted by Crippen LogP contribution is 2.38. The van der Waals surface area contributed by atoms with Crippen LogP contribution < -0.4 is 24.8 Å². The van der Waals surface area contributed by atoms with E-state index in [9.17, 15) is 4.79 Å². The van der Waals surface area contributed by atoms with Crippen molar-refractivity contribution in [2.45, 2.75) is 6.92 Å². The number of hydrogen-bond donors (Lipinski definition) is 2. The summed E-state index contributed by atoms with van der Waals surface area (Å²) in [6.45, 7) is 1.92. The van der Waals surface area contributed by atoms with Gasteiger partial charge in [0, 0.05) is 23.0 Å². The van der Waals surface area contributed by atoms with Crippen LogP contribution in [0, 0.1) is 6.92 Å². The van der Waals surface area contributed by atoms with Crippen molar-refractivity contribution in [3.8, 4) is 28.7 Å². The van der Waals surface area contributed by atoms with Gasteiger partial charge in [-0.2, -0.15) is 4.98 Å². The maximum absolute atomic E-state index is 12.8. The summed E-state index contributed by atoms with van der Waals surface area (Å²) < 4.78 is 21.7. The third kappa shape index (κ3) is 4.62. The van der Waals surface area contributed by atoms with Crippen LogP contribution in [0.15, 0.2) is 53.1 Å². The Morgan fingerprint density at radius 2 is 1.76 bits per heavy atom. The van der Waals surface area contributed by atoms with Gasteiger partial charge in [-0.3, -0.25) is 10.1 Å². The number of methoxy groups -OCH3 is 3. The number of fused-ring (bicyclic) bond motifs is 1. The van der Waals surface area contributed by atoms with E-state index in [0.29, 0.717) is 45.6 Å². The van der Waals surface area contributed by atoms with Gasteiger partial charge in [0.1, 0.15) is 0 Å². The summed E-state index contributed by atoms with van der Waals surface area (Å²) in [5.41, 5.74) is 3.78. The van der Waals surface area contributed by atoms with E-state index in [0.717, 1.165) is 11.1 Å². The lowest BCUT2D eigenvalue weighted by atomic mass is 10.1. The standard InChI is InChI=1S/C24H22N4O5S/c1-13-7-8-14(23-27-21-17(33-23)6-5-9-25-21)10-16(13)26-24(34)28-22(29)15-11-18(30-2)20(32-4)19(12-15)31-3/h5-12H,1-4H3,(H2,26,28,29,34). The number of hydrogen-bond acceptors (Lipinski definition) is 8. The summed E-state index contributed by atoms with van der Waals surface area (Å²) in [6.07, 6.45) is 1.66. The molecule has 34 heavy (non-hydrogen) atoms. The van der Waals surface area contributed by atoms with Crippen LogP contribution in [0.4, 0.5) is 5.69 Å². The molecule has 1 amide bonds. The van der Waals surface area contributed by atoms with Gasteiger partial charge in [-0.15, -0.1) is 0 Å². The predicted octanol–water partition coefficient (Wildman–Crippen LogP) is 4.35. The van der Waals surface area contributed by atoms with E-state index in [1.807, 2.05) is 25.1 Å². The predicted molar refractivity (Wildman–Crippen MR) is 132 cm³/mol. The Kier molecular flexibility index (Phi) is 6.60. The fourth-order valence-electron chi connectivity index (χ4n) is 3.32. The van der Waals surface area contributed by atoms with Crippen LogP contribution in [0.25, 0.3) is 22.7 Å². The number of oxazole rings is 1. The largest absolute Gasteiger partial charge is 0.493 e. The first-order valence-corrected chi connectivity index (χ1v) is 10.6. The number of pyridine rings is 1. The average Bonchev–Trinajstić information content (AvgIpc) is 3.28. The number of amides is 1. The van der Waals surface area contributed by atoms with E-state index in [2.05, 4.69) is 20.6 Å². The number of aromatic nitrogens is 2. The van der Waals surface area contributed by atoms with Gasteiger partial charge in [-0.1, -0.05) is 6.07 Å². The molecule has 0 aliphatic heterocycles. The van der Waals surface area contributed by atoms with Gasteiger partial charge in [-0.25, -0.2) is 4.98 Å². The Hall–Kier alpha value is -4.18. The lowest BCUT2D eigenvalue weighted by molar-refractivity contribution is 0.0977. The second kappa shape index (κ2) is 9.75. The molecule has 10 heteroatoms. The number of nitrogens with zero attached hydrogens (tertiary/aromatic N) is 2. The Labute approximate surface area is 201 Å². The molecule has 4 rings (SSSR count). The van der Waals surface area contributed by atoms with Gasteiger partial charge in [0.25, 0.3) is 5.91 Å². The van der Waals surface area contributed by atoms with Crippen LogP contribution in [0.2, 0.25) is 0 Å². The number of carbonyl (C=O) groups excluding carboxylic acids is 1. The van der Waals surface area contributed by atoms with E-state index in [4.69, 9.17) is 30.8 Å². The van der Waals surface area contributed by atoms with Crippen molar-refractivity contribution in [3.63, 3.8) is 0 Å². The molecule has 0 atom stereocenters. The highest BCUT2D eigenvalue weighted by atomic mass is 32.1. The van der Waals surface area contributed by atoms with Gasteiger partial charge in [0.15, 0.2) is 27.8 Å². The summed E-state index contributed by atoms with van der Waals surface area (Å²) in [6, 6.07) is 12.3. The molecular formula is C24H22N4O5S. The highest BCUT2D eigenvalue weighted by Gasteiger charge is 2.18. The van der Waals surface area contributed by atoms with Crippen molar-refractivity contribution in [2.75, 3.05) is 26.6 Å². The average molecular weight is 479 g/mol. The Morgan fingerprint density at radius 3 is 2.41 bits per heavy atom. The van der Waals surface area contributed by atoms with E-state index < -0.39 is 5.91 Å². The minimum Gasteiger partial charge on any atom is -0.493 e. The van der Waals surface area contributed by atoms with E-state index in [1.165, 1.54) is 21.3 Å². The fourth-order valence-corrected chi connectivity index (χ4v) is 3.53. The zero-order chi connectivity index (χ0) is 24.2. The SMILES string of the molecule is COc1cc(C(=O)NC(=S)Nc2cc(-c3nc4ncccc4o3)ccc2C)cc(OC)c1OC. The fraction of sp³-hybridized carbons (Fsp3) is 0.167. The molecule has 174 valence electrons. The molecule has 2 aromatic heterocycles. The monoisotopic (exact) mass is 478 g/mol. The zero-order valence-corrected chi connectivity index (χ0v) is 19.8. The van der Waals surface area contributed by atoms with Crippen LogP contribution >= 0.6 is 12.2 Å². The second-order valence-electron chi connectivity index (χ2n) is 7.20. The molecule has 0 aliphatic rings. The maximum atomic E-state index is 12.8. The molecule has 0 fully saturated rings. The van der Waals surface area contributed by atoms with Crippen LogP contribution in [-0.4, -0.2) is 42.3 Å². The molecule has 0 saturated heterocycles. The van der Waals surface area contributed by atoms with Crippen molar-refractivity contribution in [3.05, 3.63) is 59.8 Å². The molecular weight excluding hydrogens is 456 g/mol. The van der Waals surface area contributed by atoms with Gasteiger partial charge in [-0.05, 0) is 61.1 Å². The van der Waals surface area contributed by atoms with Gasteiger partial charge in [0.2, 0.25) is 11.6 Å². The van der Waals surface area contributed by atoms with Crippen LogP contribution in [0.5, 0.6) is 17.2 Å². The normalized spacial score (nSPS) is 10.6. The smallest absolute Gasteiger partial charge is 0.257 e. The third-order valence-electron chi connectivity index (χ3n) is 5.05. The number of anilines is 1. The number of ether oxygens (including phenoxy) is 3. The van der Waals surface area contributed by atoms with E-state index >= 15 is 0 Å². The number of rotatable bonds is 6. The molecule has 2 aromatic carbocycles. The van der Waals surface area contributed by atoms with Gasteiger partial charge in [0.05, 0.1) is 21.3 Å². The Morgan fingerprint density at radius 1 is 1.03 bits per heavy atom. The minimum absolute atomic E-state index is 0.123. The number of thiocarbonyl (C=S) groups is 1. The summed E-state index contributed by atoms with van der Waals surface area (Å²) >= 11 is 5.38. The zero-order valence-electron chi connectivity index (χ0n) is 19.0. The quantitative estimate of drug-likeness (QED) is 0.391. The first kappa shape index (κ1) is 23.0. The maximum Gasteiger partial charge on any atom is 0.257 e. The topological polar surface area (TPSA) is 108 Å². The molecule has 0 aliphatic carbocycles. The molecule has 0 unspecified atom stereocenters. The van der Waals surface area contributed by atoms with Crippen molar-refractivity contribution >= 4 is 40.2 Å². The van der Waals surface area contributed by atoms with Crippen molar-refractivity contribution < 1.29 is 23.4 Å². The number of carbonyl (C=O) groups is 1. The van der Waals surface area contributed by atoms with Crippen LogP contribution in [0.3, 0.4) is 0 Å². The van der Waals surface area contributed by atoms with Crippen LogP contribution in [0.1, 0.15) is 15.9 Å². The summed E-state index contributed by atoms with van der Waals surface area (Å²) in [4.78, 5) is 21.5. The first-order valence-electron chi connectivity index (χ1n) is 10.2. The van der Waals surface area contributed by atoms with Gasteiger partial charge < -0.3 is 23.9 Å². The van der Waals surface area contributed by atoms with Crippen molar-refractivity contribution in [2.24, 2.45) is 0 Å². The summed E-state index contributed by atoms with van der Waals surface area (Å²) in [5.74, 6) is 1.12. The van der Waals surface area contributed by atoms with E-state index in [1.54, 1.807) is 30.5 Å². The van der Waals surface area contributed by atoms with Crippen molar-refractivity contribution in [1.82, 2.24) is 15.3 Å². The van der Waals surface area contributed by atoms with E-state index in [-0.39, 0.29) is 5.11 Å². The molecule has 0 bridgehead atoms. The van der Waals surface area contributed by atoms with Gasteiger partial charge >= 0.3 is 0 Å². The lowest BCUT2D eigenvalue weighted by Gasteiger charge is -2.15. The van der Waals surface area contributed by atoms with Crippen LogP contribution in [-0.2, 0) is 0 Å². The highest BCUT2D eigenvalue weighted by molar-refractivity contribution is 7.80. The Balaban J connectivity index is 1.53. The number of nitrogens with one attached hydrogen (secondary N) is 2. The number of aryl methyl sites for hydroxylation is 1. The lowest BCUT2D eigenvalue weighted by Crippen LogP contribution is -2.34. The third-order valence-corrected chi connectivity index (χ3v) is 5.26. The molecule has 0 saturated carbocycles. The minimum atomic E-state index is -0.435. The molecule has 9 nitrogen and oxygen atoms in total. The second-order valence-corrected chi connectivity index (χ2v) is 7.60.